The second-order valence-electron chi connectivity index (χ2n) is 4.85. The highest BCUT2D eigenvalue weighted by atomic mass is 16.4. The van der Waals surface area contributed by atoms with Gasteiger partial charge in [-0.05, 0) is 37.7 Å². The Morgan fingerprint density at radius 2 is 1.71 bits per heavy atom. The number of hydrogen-bond donors (Lipinski definition) is 1. The first-order chi connectivity index (χ1) is 10.2. The second-order valence-corrected chi connectivity index (χ2v) is 4.85. The molecule has 3 heteroatoms. The molecule has 3 nitrogen and oxygen atoms in total. The van der Waals surface area contributed by atoms with E-state index in [0.717, 1.165) is 44.9 Å². The summed E-state index contributed by atoms with van der Waals surface area (Å²) in [5.74, 6) is 4.57. The van der Waals surface area contributed by atoms with Crippen molar-refractivity contribution in [1.29, 1.82) is 0 Å². The maximum Gasteiger partial charge on any atom is 0.303 e. The van der Waals surface area contributed by atoms with Crippen molar-refractivity contribution in [3.05, 3.63) is 24.3 Å². The summed E-state index contributed by atoms with van der Waals surface area (Å²) in [6.45, 7) is 1.98. The van der Waals surface area contributed by atoms with Gasteiger partial charge in [-0.1, -0.05) is 50.3 Å². The zero-order valence-corrected chi connectivity index (χ0v) is 12.9. The number of carbonyl (C=O) groups is 2. The number of unbranched alkanes of at least 4 members (excludes halogenated alkanes) is 5. The minimum absolute atomic E-state index is 0.133. The van der Waals surface area contributed by atoms with Crippen LogP contribution in [0.1, 0.15) is 64.7 Å². The highest BCUT2D eigenvalue weighted by Gasteiger charge is 1.95. The van der Waals surface area contributed by atoms with E-state index in [2.05, 4.69) is 17.9 Å². The van der Waals surface area contributed by atoms with Gasteiger partial charge in [0.1, 0.15) is 0 Å². The summed E-state index contributed by atoms with van der Waals surface area (Å²) in [5.41, 5.74) is 0. The van der Waals surface area contributed by atoms with Gasteiger partial charge in [-0.15, -0.1) is 0 Å². The molecular formula is C18H26O3. The third kappa shape index (κ3) is 16.1. The molecule has 0 aliphatic heterocycles. The van der Waals surface area contributed by atoms with Crippen LogP contribution >= 0.6 is 0 Å². The van der Waals surface area contributed by atoms with Gasteiger partial charge in [0.15, 0.2) is 0 Å². The second kappa shape index (κ2) is 14.6. The predicted molar refractivity (Wildman–Crippen MR) is 85.9 cm³/mol. The summed E-state index contributed by atoms with van der Waals surface area (Å²) in [5, 5.41) is 8.49. The Labute approximate surface area is 128 Å². The summed E-state index contributed by atoms with van der Waals surface area (Å²) >= 11 is 0. The number of allylic oxidation sites excluding steroid dienone is 4. The predicted octanol–water partition coefficient (Wildman–Crippen LogP) is 4.29. The number of hydrogen-bond acceptors (Lipinski definition) is 2. The molecule has 0 aromatic heterocycles. The van der Waals surface area contributed by atoms with E-state index in [9.17, 15) is 9.59 Å². The van der Waals surface area contributed by atoms with Gasteiger partial charge in [0.2, 0.25) is 5.78 Å². The molecule has 116 valence electrons. The van der Waals surface area contributed by atoms with Gasteiger partial charge in [0.05, 0.1) is 0 Å². The highest BCUT2D eigenvalue weighted by Crippen LogP contribution is 2.07. The molecule has 21 heavy (non-hydrogen) atoms. The number of ketones is 1. The molecule has 0 aromatic carbocycles. The van der Waals surface area contributed by atoms with Gasteiger partial charge in [-0.2, -0.15) is 0 Å². The van der Waals surface area contributed by atoms with E-state index in [1.54, 1.807) is 0 Å². The van der Waals surface area contributed by atoms with Crippen molar-refractivity contribution in [1.82, 2.24) is 0 Å². The average Bonchev–Trinajstić information content (AvgIpc) is 2.45. The SMILES string of the molecule is CC/C=C/C(=O)C#CC/C=C\CCCCCCCC(=O)O. The van der Waals surface area contributed by atoms with E-state index in [1.807, 2.05) is 19.1 Å². The molecule has 0 aliphatic carbocycles. The fourth-order valence-electron chi connectivity index (χ4n) is 1.73. The molecule has 0 radical (unpaired) electrons. The molecular weight excluding hydrogens is 264 g/mol. The van der Waals surface area contributed by atoms with Crippen LogP contribution < -0.4 is 0 Å². The first kappa shape index (κ1) is 19.2. The van der Waals surface area contributed by atoms with Gasteiger partial charge in [0, 0.05) is 12.8 Å². The van der Waals surface area contributed by atoms with Gasteiger partial charge in [-0.25, -0.2) is 0 Å². The summed E-state index contributed by atoms with van der Waals surface area (Å²) in [6.07, 6.45) is 15.3. The molecule has 0 fully saturated rings. The molecule has 0 unspecified atom stereocenters. The highest BCUT2D eigenvalue weighted by molar-refractivity contribution is 6.04. The summed E-state index contributed by atoms with van der Waals surface area (Å²) in [6, 6.07) is 0. The Bertz CT molecular complexity index is 408. The van der Waals surface area contributed by atoms with E-state index in [-0.39, 0.29) is 12.2 Å². The number of carboxylic acid groups (broad SMARTS) is 1. The third-order valence-electron chi connectivity index (χ3n) is 2.86. The zero-order chi connectivity index (χ0) is 15.8. The lowest BCUT2D eigenvalue weighted by Crippen LogP contribution is -1.93. The van der Waals surface area contributed by atoms with E-state index in [0.29, 0.717) is 6.42 Å². The van der Waals surface area contributed by atoms with Crippen LogP contribution in [0.15, 0.2) is 24.3 Å². The van der Waals surface area contributed by atoms with E-state index in [1.165, 1.54) is 6.08 Å². The van der Waals surface area contributed by atoms with Crippen molar-refractivity contribution in [2.45, 2.75) is 64.7 Å². The third-order valence-corrected chi connectivity index (χ3v) is 2.86. The van der Waals surface area contributed by atoms with Crippen molar-refractivity contribution < 1.29 is 14.7 Å². The van der Waals surface area contributed by atoms with Gasteiger partial charge < -0.3 is 5.11 Å². The number of aliphatic carboxylic acids is 1. The van der Waals surface area contributed by atoms with Crippen LogP contribution in [-0.2, 0) is 9.59 Å². The quantitative estimate of drug-likeness (QED) is 0.203. The van der Waals surface area contributed by atoms with Crippen molar-refractivity contribution in [3.63, 3.8) is 0 Å². The van der Waals surface area contributed by atoms with Crippen molar-refractivity contribution in [2.75, 3.05) is 0 Å². The molecule has 0 bridgehead atoms. The Morgan fingerprint density at radius 1 is 1.00 bits per heavy atom. The van der Waals surface area contributed by atoms with E-state index in [4.69, 9.17) is 5.11 Å². The molecule has 0 saturated carbocycles. The van der Waals surface area contributed by atoms with Crippen LogP contribution in [0, 0.1) is 11.8 Å². The lowest BCUT2D eigenvalue weighted by Gasteiger charge is -1.97. The first-order valence-electron chi connectivity index (χ1n) is 7.73. The number of carbonyl (C=O) groups excluding carboxylic acids is 1. The molecule has 0 aromatic rings. The van der Waals surface area contributed by atoms with Crippen molar-refractivity contribution >= 4 is 11.8 Å². The van der Waals surface area contributed by atoms with Gasteiger partial charge in [0.25, 0.3) is 0 Å². The smallest absolute Gasteiger partial charge is 0.303 e. The lowest BCUT2D eigenvalue weighted by molar-refractivity contribution is -0.137. The van der Waals surface area contributed by atoms with Crippen LogP contribution in [0.4, 0.5) is 0 Å². The van der Waals surface area contributed by atoms with E-state index < -0.39 is 5.97 Å². The van der Waals surface area contributed by atoms with Gasteiger partial charge >= 0.3 is 5.97 Å². The van der Waals surface area contributed by atoms with E-state index >= 15 is 0 Å². The summed E-state index contributed by atoms with van der Waals surface area (Å²) in [4.78, 5) is 21.5. The van der Waals surface area contributed by atoms with Crippen LogP contribution in [0.3, 0.4) is 0 Å². The molecule has 1 N–H and O–H groups in total. The van der Waals surface area contributed by atoms with Crippen LogP contribution in [-0.4, -0.2) is 16.9 Å². The fourth-order valence-corrected chi connectivity index (χ4v) is 1.73. The Kier molecular flexibility index (Phi) is 13.3. The van der Waals surface area contributed by atoms with Crippen molar-refractivity contribution in [2.24, 2.45) is 0 Å². The lowest BCUT2D eigenvalue weighted by atomic mass is 10.1. The topological polar surface area (TPSA) is 54.4 Å². The van der Waals surface area contributed by atoms with Crippen LogP contribution in [0.2, 0.25) is 0 Å². The molecule has 0 atom stereocenters. The molecule has 0 rings (SSSR count). The maximum atomic E-state index is 11.2. The average molecular weight is 290 g/mol. The van der Waals surface area contributed by atoms with Gasteiger partial charge in [-0.3, -0.25) is 9.59 Å². The minimum Gasteiger partial charge on any atom is -0.481 e. The Balaban J connectivity index is 3.45. The molecule has 0 aliphatic rings. The maximum absolute atomic E-state index is 11.2. The fraction of sp³-hybridized carbons (Fsp3) is 0.556. The molecule has 0 heterocycles. The number of carboxylic acids is 1. The van der Waals surface area contributed by atoms with Crippen molar-refractivity contribution in [3.8, 4) is 11.8 Å². The molecule has 0 amide bonds. The van der Waals surface area contributed by atoms with Crippen LogP contribution in [0.25, 0.3) is 0 Å². The zero-order valence-electron chi connectivity index (χ0n) is 12.9. The summed E-state index contributed by atoms with van der Waals surface area (Å²) < 4.78 is 0. The van der Waals surface area contributed by atoms with Crippen LogP contribution in [0.5, 0.6) is 0 Å². The monoisotopic (exact) mass is 290 g/mol. The molecule has 0 saturated heterocycles. The number of rotatable bonds is 11. The minimum atomic E-state index is -0.706. The molecule has 0 spiro atoms. The standard InChI is InChI=1S/C18H26O3/c1-2-3-14-17(19)15-12-10-8-6-4-5-7-9-11-13-16-18(20)21/h3,6,8,14H,2,4-5,7,9-11,13,16H2,1H3,(H,20,21)/b8-6-,14-3+. The normalized spacial score (nSPS) is 10.7. The summed E-state index contributed by atoms with van der Waals surface area (Å²) in [7, 11) is 0. The largest absolute Gasteiger partial charge is 0.481 e. The first-order valence-corrected chi connectivity index (χ1v) is 7.73. The Morgan fingerprint density at radius 3 is 2.43 bits per heavy atom. The Hall–Kier alpha value is -1.82.